The molecule has 6 heteroatoms. The van der Waals surface area contributed by atoms with Crippen LogP contribution in [0.4, 0.5) is 4.79 Å². The summed E-state index contributed by atoms with van der Waals surface area (Å²) in [6.45, 7) is 5.94. The number of amides is 1. The van der Waals surface area contributed by atoms with Crippen molar-refractivity contribution in [3.8, 4) is 0 Å². The first kappa shape index (κ1) is 13.1. The third kappa shape index (κ3) is 2.16. The highest BCUT2D eigenvalue weighted by atomic mass is 16.6. The number of nitrogens with zero attached hydrogens (tertiary/aromatic N) is 1. The maximum atomic E-state index is 11.9. The van der Waals surface area contributed by atoms with Crippen molar-refractivity contribution < 1.29 is 24.2 Å². The zero-order valence-corrected chi connectivity index (χ0v) is 10.9. The molecule has 6 nitrogen and oxygen atoms in total. The molecule has 2 atom stereocenters. The summed E-state index contributed by atoms with van der Waals surface area (Å²) < 4.78 is 10.2. The smallest absolute Gasteiger partial charge is 0.410 e. The fourth-order valence-corrected chi connectivity index (χ4v) is 2.43. The van der Waals surface area contributed by atoms with E-state index in [9.17, 15) is 14.7 Å². The first-order chi connectivity index (χ1) is 8.27. The number of aliphatic hydroxyl groups excluding tert-OH is 1. The number of likely N-dealkylation sites (tertiary alicyclic amines) is 1. The van der Waals surface area contributed by atoms with E-state index in [1.165, 1.54) is 4.90 Å². The maximum absolute atomic E-state index is 11.9. The fraction of sp³-hybridized carbons (Fsp3) is 0.833. The number of carbonyl (C=O) groups excluding carboxylic acids is 2. The van der Waals surface area contributed by atoms with Gasteiger partial charge in [-0.3, -0.25) is 4.79 Å². The molecule has 0 aliphatic carbocycles. The fourth-order valence-electron chi connectivity index (χ4n) is 2.43. The Hall–Kier alpha value is -1.30. The van der Waals surface area contributed by atoms with Gasteiger partial charge in [-0.1, -0.05) is 0 Å². The van der Waals surface area contributed by atoms with E-state index in [1.54, 1.807) is 20.8 Å². The molecule has 1 amide bonds. The van der Waals surface area contributed by atoms with Crippen LogP contribution < -0.4 is 0 Å². The van der Waals surface area contributed by atoms with Gasteiger partial charge in [-0.05, 0) is 20.8 Å². The number of esters is 1. The Morgan fingerprint density at radius 2 is 2.28 bits per heavy atom. The highest BCUT2D eigenvalue weighted by molar-refractivity contribution is 5.79. The molecular formula is C12H19NO5. The topological polar surface area (TPSA) is 76.1 Å². The molecule has 2 rings (SSSR count). The van der Waals surface area contributed by atoms with Gasteiger partial charge in [0.2, 0.25) is 0 Å². The summed E-state index contributed by atoms with van der Waals surface area (Å²) in [5.74, 6) is -0.773. The van der Waals surface area contributed by atoms with E-state index in [0.717, 1.165) is 0 Å². The van der Waals surface area contributed by atoms with E-state index in [-0.39, 0.29) is 25.7 Å². The number of cyclic esters (lactones) is 1. The Morgan fingerprint density at radius 3 is 2.78 bits per heavy atom. The Kier molecular flexibility index (Phi) is 3.01. The van der Waals surface area contributed by atoms with Crippen LogP contribution in [-0.4, -0.2) is 54.0 Å². The van der Waals surface area contributed by atoms with Gasteiger partial charge in [-0.25, -0.2) is 4.79 Å². The van der Waals surface area contributed by atoms with E-state index >= 15 is 0 Å². The van der Waals surface area contributed by atoms with Crippen LogP contribution in [0.15, 0.2) is 0 Å². The number of rotatable bonds is 1. The van der Waals surface area contributed by atoms with Crippen molar-refractivity contribution in [1.29, 1.82) is 0 Å². The Labute approximate surface area is 106 Å². The van der Waals surface area contributed by atoms with Gasteiger partial charge in [0, 0.05) is 13.1 Å². The molecule has 1 N–H and O–H groups in total. The van der Waals surface area contributed by atoms with Crippen LogP contribution in [0, 0.1) is 11.3 Å². The van der Waals surface area contributed by atoms with Gasteiger partial charge in [-0.15, -0.1) is 0 Å². The van der Waals surface area contributed by atoms with Crippen LogP contribution in [0.2, 0.25) is 0 Å². The van der Waals surface area contributed by atoms with E-state index in [1.807, 2.05) is 0 Å². The zero-order chi connectivity index (χ0) is 13.6. The Balaban J connectivity index is 2.08. The molecular weight excluding hydrogens is 238 g/mol. The normalized spacial score (nSPS) is 31.2. The third-order valence-electron chi connectivity index (χ3n) is 3.40. The minimum absolute atomic E-state index is 0.164. The first-order valence-electron chi connectivity index (χ1n) is 6.03. The van der Waals surface area contributed by atoms with Gasteiger partial charge in [0.05, 0.1) is 17.9 Å². The second-order valence-electron chi connectivity index (χ2n) is 6.04. The van der Waals surface area contributed by atoms with Crippen molar-refractivity contribution in [3.63, 3.8) is 0 Å². The predicted octanol–water partition coefficient (Wildman–Crippen LogP) is 0.389. The molecule has 2 fully saturated rings. The molecule has 2 saturated heterocycles. The van der Waals surface area contributed by atoms with Crippen LogP contribution in [0.1, 0.15) is 20.8 Å². The molecule has 0 spiro atoms. The average molecular weight is 257 g/mol. The number of aliphatic hydroxyl groups is 1. The second kappa shape index (κ2) is 4.12. The summed E-state index contributed by atoms with van der Waals surface area (Å²) in [5.41, 5.74) is -1.21. The molecule has 0 unspecified atom stereocenters. The highest BCUT2D eigenvalue weighted by Gasteiger charge is 2.57. The SMILES string of the molecule is CC(C)(C)OC(=O)N1C[C@@H]2C(=O)OC[C@]2(CO)C1. The van der Waals surface area contributed by atoms with E-state index in [0.29, 0.717) is 6.54 Å². The van der Waals surface area contributed by atoms with Crippen LogP contribution in [0.3, 0.4) is 0 Å². The van der Waals surface area contributed by atoms with Gasteiger partial charge >= 0.3 is 12.1 Å². The number of hydrogen-bond acceptors (Lipinski definition) is 5. The summed E-state index contributed by atoms with van der Waals surface area (Å²) in [5, 5.41) is 9.47. The quantitative estimate of drug-likeness (QED) is 0.688. The Bertz CT molecular complexity index is 375. The highest BCUT2D eigenvalue weighted by Crippen LogP contribution is 2.41. The summed E-state index contributed by atoms with van der Waals surface area (Å²) in [6.07, 6.45) is -0.447. The third-order valence-corrected chi connectivity index (χ3v) is 3.40. The molecule has 2 heterocycles. The molecule has 2 aliphatic rings. The van der Waals surface area contributed by atoms with Gasteiger partial charge in [-0.2, -0.15) is 0 Å². The zero-order valence-electron chi connectivity index (χ0n) is 10.9. The largest absolute Gasteiger partial charge is 0.465 e. The van der Waals surface area contributed by atoms with Crippen molar-refractivity contribution in [2.45, 2.75) is 26.4 Å². The first-order valence-corrected chi connectivity index (χ1v) is 6.03. The lowest BCUT2D eigenvalue weighted by atomic mass is 9.82. The van der Waals surface area contributed by atoms with E-state index in [4.69, 9.17) is 9.47 Å². The molecule has 2 aliphatic heterocycles. The number of fused-ring (bicyclic) bond motifs is 1. The van der Waals surface area contributed by atoms with Crippen molar-refractivity contribution in [3.05, 3.63) is 0 Å². The molecule has 0 radical (unpaired) electrons. The number of carbonyl (C=O) groups is 2. The van der Waals surface area contributed by atoms with Crippen LogP contribution >= 0.6 is 0 Å². The molecule has 0 saturated carbocycles. The minimum atomic E-state index is -0.645. The lowest BCUT2D eigenvalue weighted by Gasteiger charge is -2.26. The summed E-state index contributed by atoms with van der Waals surface area (Å²) in [6, 6.07) is 0. The second-order valence-corrected chi connectivity index (χ2v) is 6.04. The summed E-state index contributed by atoms with van der Waals surface area (Å²) in [7, 11) is 0. The number of ether oxygens (including phenoxy) is 2. The van der Waals surface area contributed by atoms with Crippen LogP contribution in [0.25, 0.3) is 0 Å². The van der Waals surface area contributed by atoms with Gasteiger partial charge < -0.3 is 19.5 Å². The predicted molar refractivity (Wildman–Crippen MR) is 61.8 cm³/mol. The van der Waals surface area contributed by atoms with Gasteiger partial charge in [0.1, 0.15) is 12.2 Å². The standard InChI is InChI=1S/C12H19NO5/c1-11(2,3)18-10(16)13-4-8-9(15)17-7-12(8,5-13)6-14/h8,14H,4-7H2,1-3H3/t8-,12-/m1/s1. The lowest BCUT2D eigenvalue weighted by molar-refractivity contribution is -0.141. The molecule has 0 aromatic heterocycles. The lowest BCUT2D eigenvalue weighted by Crippen LogP contribution is -2.39. The van der Waals surface area contributed by atoms with E-state index < -0.39 is 23.0 Å². The average Bonchev–Trinajstić information content (AvgIpc) is 2.75. The van der Waals surface area contributed by atoms with Crippen LogP contribution in [0.5, 0.6) is 0 Å². The van der Waals surface area contributed by atoms with Gasteiger partial charge in [0.15, 0.2) is 0 Å². The van der Waals surface area contributed by atoms with Crippen molar-refractivity contribution in [2.75, 3.05) is 26.3 Å². The van der Waals surface area contributed by atoms with Crippen molar-refractivity contribution in [2.24, 2.45) is 11.3 Å². The molecule has 0 aromatic carbocycles. The summed E-state index contributed by atoms with van der Waals surface area (Å²) >= 11 is 0. The molecule has 102 valence electrons. The Morgan fingerprint density at radius 1 is 1.61 bits per heavy atom. The van der Waals surface area contributed by atoms with Crippen molar-refractivity contribution in [1.82, 2.24) is 4.90 Å². The monoisotopic (exact) mass is 257 g/mol. The molecule has 18 heavy (non-hydrogen) atoms. The van der Waals surface area contributed by atoms with Crippen LogP contribution in [-0.2, 0) is 14.3 Å². The minimum Gasteiger partial charge on any atom is -0.465 e. The number of hydrogen-bond donors (Lipinski definition) is 1. The maximum Gasteiger partial charge on any atom is 0.410 e. The molecule has 0 aromatic rings. The van der Waals surface area contributed by atoms with Crippen molar-refractivity contribution >= 4 is 12.1 Å². The summed E-state index contributed by atoms with van der Waals surface area (Å²) in [4.78, 5) is 25.0. The van der Waals surface area contributed by atoms with Gasteiger partial charge in [0.25, 0.3) is 0 Å². The van der Waals surface area contributed by atoms with E-state index in [2.05, 4.69) is 0 Å². The molecule has 0 bridgehead atoms.